The molecule has 3 atom stereocenters. The van der Waals surface area contributed by atoms with Crippen molar-refractivity contribution in [3.8, 4) is 0 Å². The monoisotopic (exact) mass is 501 g/mol. The van der Waals surface area contributed by atoms with Gasteiger partial charge in [-0.25, -0.2) is 14.6 Å². The summed E-state index contributed by atoms with van der Waals surface area (Å²) in [4.78, 5) is 26.8. The molecule has 5 rings (SSSR count). The molecule has 3 unspecified atom stereocenters. The van der Waals surface area contributed by atoms with E-state index >= 15 is 0 Å². The third-order valence-electron chi connectivity index (χ3n) is 6.93. The fourth-order valence-electron chi connectivity index (χ4n) is 5.02. The molecule has 2 aliphatic rings. The van der Waals surface area contributed by atoms with Crippen molar-refractivity contribution in [2.75, 3.05) is 31.1 Å². The zero-order chi connectivity index (χ0) is 24.0. The summed E-state index contributed by atoms with van der Waals surface area (Å²) in [6.07, 6.45) is 3.80. The number of rotatable bonds is 4. The maximum Gasteiger partial charge on any atom is 0.240 e. The Labute approximate surface area is 209 Å². The highest BCUT2D eigenvalue weighted by Crippen LogP contribution is 2.31. The highest BCUT2D eigenvalue weighted by molar-refractivity contribution is 6.35. The average Bonchev–Trinajstić information content (AvgIpc) is 3.46. The minimum absolute atomic E-state index is 0.0383. The summed E-state index contributed by atoms with van der Waals surface area (Å²) in [7, 11) is 0. The number of benzene rings is 1. The Morgan fingerprint density at radius 1 is 1.26 bits per heavy atom. The van der Waals surface area contributed by atoms with Crippen LogP contribution in [-0.4, -0.2) is 68.8 Å². The fraction of sp³-hybridized carbons (Fsp3) is 0.500. The summed E-state index contributed by atoms with van der Waals surface area (Å²) in [5.41, 5.74) is 3.23. The maximum absolute atomic E-state index is 12.9. The first-order valence-electron chi connectivity index (χ1n) is 11.8. The van der Waals surface area contributed by atoms with E-state index < -0.39 is 0 Å². The van der Waals surface area contributed by atoms with Crippen molar-refractivity contribution < 1.29 is 4.79 Å². The first kappa shape index (κ1) is 23.3. The second kappa shape index (κ2) is 9.32. The van der Waals surface area contributed by atoms with E-state index in [2.05, 4.69) is 17.1 Å². The molecule has 0 radical (unpaired) electrons. The lowest BCUT2D eigenvalue weighted by molar-refractivity contribution is -0.135. The van der Waals surface area contributed by atoms with E-state index in [0.717, 1.165) is 47.6 Å². The van der Waals surface area contributed by atoms with Gasteiger partial charge in [0, 0.05) is 35.7 Å². The second-order valence-electron chi connectivity index (χ2n) is 9.25. The number of fused-ring (bicyclic) bond motifs is 1. The Morgan fingerprint density at radius 3 is 2.79 bits per heavy atom. The van der Waals surface area contributed by atoms with Crippen LogP contribution < -0.4 is 10.2 Å². The summed E-state index contributed by atoms with van der Waals surface area (Å²) in [5.74, 6) is 1.01. The number of hydrogen-bond acceptors (Lipinski definition) is 6. The fourth-order valence-corrected chi connectivity index (χ4v) is 5.59. The molecule has 10 heteroatoms. The Kier molecular flexibility index (Phi) is 6.39. The molecule has 2 saturated heterocycles. The molecule has 2 fully saturated rings. The number of nitrogens with one attached hydrogen (secondary N) is 1. The summed E-state index contributed by atoms with van der Waals surface area (Å²) in [6.45, 7) is 9.11. The molecule has 0 bridgehead atoms. The van der Waals surface area contributed by atoms with Crippen molar-refractivity contribution in [2.24, 2.45) is 0 Å². The molecule has 8 nitrogen and oxygen atoms in total. The van der Waals surface area contributed by atoms with Crippen molar-refractivity contribution in [2.45, 2.75) is 51.7 Å². The first-order chi connectivity index (χ1) is 16.3. The Hall–Kier alpha value is -2.42. The number of hydrogen-bond donors (Lipinski definition) is 1. The van der Waals surface area contributed by atoms with Crippen LogP contribution in [0.25, 0.3) is 11.2 Å². The van der Waals surface area contributed by atoms with E-state index in [9.17, 15) is 4.79 Å². The molecule has 2 aliphatic heterocycles. The minimum atomic E-state index is -0.141. The highest BCUT2D eigenvalue weighted by Gasteiger charge is 2.33. The largest absolute Gasteiger partial charge is 0.351 e. The van der Waals surface area contributed by atoms with E-state index in [1.165, 1.54) is 0 Å². The van der Waals surface area contributed by atoms with Crippen LogP contribution in [0.5, 0.6) is 0 Å². The van der Waals surface area contributed by atoms with Crippen LogP contribution in [0, 0.1) is 6.92 Å². The number of anilines is 1. The standard InChI is InChI=1S/C24H29Cl2N7O/c1-14-13-31(9-10-32(14)24(34)20-5-4-8-27-20)21-12-28-22-15(2)30-33(23(22)29-21)16(3)18-7-6-17(25)11-19(18)26/h6-7,11-12,14,16,20,27H,4-5,8-10,13H2,1-3H3. The minimum Gasteiger partial charge on any atom is -0.351 e. The first-order valence-corrected chi connectivity index (χ1v) is 12.5. The average molecular weight is 502 g/mol. The van der Waals surface area contributed by atoms with Gasteiger partial charge in [0.15, 0.2) is 5.65 Å². The van der Waals surface area contributed by atoms with Gasteiger partial charge in [0.2, 0.25) is 5.91 Å². The van der Waals surface area contributed by atoms with Crippen molar-refractivity contribution >= 4 is 46.1 Å². The Morgan fingerprint density at radius 2 is 2.09 bits per heavy atom. The molecule has 34 heavy (non-hydrogen) atoms. The van der Waals surface area contributed by atoms with Crippen LogP contribution in [-0.2, 0) is 4.79 Å². The van der Waals surface area contributed by atoms with E-state index in [0.29, 0.717) is 29.7 Å². The zero-order valence-corrected chi connectivity index (χ0v) is 21.1. The predicted octanol–water partition coefficient (Wildman–Crippen LogP) is 3.84. The zero-order valence-electron chi connectivity index (χ0n) is 19.6. The van der Waals surface area contributed by atoms with Crippen LogP contribution in [0.3, 0.4) is 0 Å². The van der Waals surface area contributed by atoms with E-state index in [4.69, 9.17) is 38.3 Å². The maximum atomic E-state index is 12.9. The number of aryl methyl sites for hydroxylation is 1. The third-order valence-corrected chi connectivity index (χ3v) is 7.49. The second-order valence-corrected chi connectivity index (χ2v) is 10.1. The number of halogens is 2. The molecule has 1 amide bonds. The van der Waals surface area contributed by atoms with Crippen molar-refractivity contribution in [1.29, 1.82) is 0 Å². The van der Waals surface area contributed by atoms with Crippen LogP contribution in [0.15, 0.2) is 24.4 Å². The van der Waals surface area contributed by atoms with Gasteiger partial charge in [-0.15, -0.1) is 0 Å². The molecular weight excluding hydrogens is 473 g/mol. The lowest BCUT2D eigenvalue weighted by Gasteiger charge is -2.41. The molecule has 3 aromatic rings. The molecule has 0 spiro atoms. The molecule has 180 valence electrons. The van der Waals surface area contributed by atoms with Gasteiger partial charge in [0.1, 0.15) is 11.3 Å². The van der Waals surface area contributed by atoms with Gasteiger partial charge >= 0.3 is 0 Å². The van der Waals surface area contributed by atoms with E-state index in [1.807, 2.05) is 41.8 Å². The van der Waals surface area contributed by atoms with Gasteiger partial charge in [0.05, 0.1) is 24.0 Å². The van der Waals surface area contributed by atoms with Crippen molar-refractivity contribution in [1.82, 2.24) is 30.0 Å². The third kappa shape index (κ3) is 4.23. The quantitative estimate of drug-likeness (QED) is 0.584. The summed E-state index contributed by atoms with van der Waals surface area (Å²) < 4.78 is 1.88. The molecule has 4 heterocycles. The highest BCUT2D eigenvalue weighted by atomic mass is 35.5. The Bertz CT molecular complexity index is 1220. The van der Waals surface area contributed by atoms with Gasteiger partial charge in [-0.05, 0) is 57.9 Å². The van der Waals surface area contributed by atoms with Gasteiger partial charge in [-0.1, -0.05) is 29.3 Å². The topological polar surface area (TPSA) is 79.2 Å². The SMILES string of the molecule is Cc1nn(C(C)c2ccc(Cl)cc2Cl)c2nc(N3CCN(C(=O)C4CCCN4)C(C)C3)cnc12. The molecular formula is C24H29Cl2N7O. The van der Waals surface area contributed by atoms with Gasteiger partial charge in [-0.3, -0.25) is 4.79 Å². The summed E-state index contributed by atoms with van der Waals surface area (Å²) >= 11 is 12.6. The number of aromatic nitrogens is 4. The number of piperazine rings is 1. The van der Waals surface area contributed by atoms with E-state index in [-0.39, 0.29) is 24.0 Å². The van der Waals surface area contributed by atoms with Gasteiger partial charge in [0.25, 0.3) is 0 Å². The summed E-state index contributed by atoms with van der Waals surface area (Å²) in [5, 5.41) is 9.25. The van der Waals surface area contributed by atoms with Crippen molar-refractivity contribution in [3.05, 3.63) is 45.7 Å². The number of carbonyl (C=O) groups excluding carboxylic acids is 1. The molecule has 2 aromatic heterocycles. The molecule has 0 saturated carbocycles. The van der Waals surface area contributed by atoms with Crippen LogP contribution in [0.4, 0.5) is 5.82 Å². The van der Waals surface area contributed by atoms with E-state index in [1.54, 1.807) is 6.07 Å². The van der Waals surface area contributed by atoms with Gasteiger partial charge in [-0.2, -0.15) is 5.10 Å². The predicted molar refractivity (Wildman–Crippen MR) is 135 cm³/mol. The smallest absolute Gasteiger partial charge is 0.240 e. The Balaban J connectivity index is 1.40. The molecule has 1 aromatic carbocycles. The molecule has 1 N–H and O–H groups in total. The van der Waals surface area contributed by atoms with Crippen LogP contribution in [0.1, 0.15) is 44.0 Å². The van der Waals surface area contributed by atoms with Crippen LogP contribution >= 0.6 is 23.2 Å². The number of amides is 1. The number of carbonyl (C=O) groups is 1. The lowest BCUT2D eigenvalue weighted by Crippen LogP contribution is -2.57. The lowest BCUT2D eigenvalue weighted by atomic mass is 10.1. The normalized spacial score (nSPS) is 21.9. The molecule has 0 aliphatic carbocycles. The van der Waals surface area contributed by atoms with Gasteiger partial charge < -0.3 is 15.1 Å². The van der Waals surface area contributed by atoms with Crippen LogP contribution in [0.2, 0.25) is 10.0 Å². The number of nitrogens with zero attached hydrogens (tertiary/aromatic N) is 6. The summed E-state index contributed by atoms with van der Waals surface area (Å²) in [6, 6.07) is 5.42. The van der Waals surface area contributed by atoms with Crippen molar-refractivity contribution in [3.63, 3.8) is 0 Å².